The van der Waals surface area contributed by atoms with Gasteiger partial charge < -0.3 is 0 Å². The van der Waals surface area contributed by atoms with Crippen molar-refractivity contribution in [2.24, 2.45) is 0 Å². The highest BCUT2D eigenvalue weighted by molar-refractivity contribution is 4.96. The molecule has 0 aromatic carbocycles. The molecular weight excluding hydrogens is 136 g/mol. The van der Waals surface area contributed by atoms with Gasteiger partial charge in [0.05, 0.1) is 5.66 Å². The van der Waals surface area contributed by atoms with Crippen LogP contribution < -0.4 is 0 Å². The molecule has 1 aliphatic rings. The molecule has 0 spiro atoms. The molecule has 2 heteroatoms. The standard InChI is InChI=1S/C9H20N2/c1-5-7-9(8-6-2)10(3)11(9)4/h5-8H2,1-4H3. The van der Waals surface area contributed by atoms with Crippen LogP contribution in [0.3, 0.4) is 0 Å². The van der Waals surface area contributed by atoms with Crippen LogP contribution in [0, 0.1) is 0 Å². The fourth-order valence-electron chi connectivity index (χ4n) is 2.12. The largest absolute Gasteiger partial charge is 0.222 e. The van der Waals surface area contributed by atoms with Gasteiger partial charge in [0.15, 0.2) is 0 Å². The molecule has 1 fully saturated rings. The fraction of sp³-hybridized carbons (Fsp3) is 1.00. The van der Waals surface area contributed by atoms with E-state index in [1.165, 1.54) is 25.7 Å². The topological polar surface area (TPSA) is 6.02 Å². The average molecular weight is 156 g/mol. The Morgan fingerprint density at radius 3 is 1.45 bits per heavy atom. The zero-order chi connectivity index (χ0) is 8.48. The van der Waals surface area contributed by atoms with Crippen LogP contribution in [0.1, 0.15) is 39.5 Å². The molecule has 0 N–H and O–H groups in total. The first-order valence-corrected chi connectivity index (χ1v) is 4.66. The smallest absolute Gasteiger partial charge is 0.0998 e. The maximum absolute atomic E-state index is 2.36. The van der Waals surface area contributed by atoms with E-state index in [9.17, 15) is 0 Å². The highest BCUT2D eigenvalue weighted by Gasteiger charge is 2.53. The van der Waals surface area contributed by atoms with E-state index in [1.807, 2.05) is 0 Å². The van der Waals surface area contributed by atoms with Crippen molar-refractivity contribution in [1.82, 2.24) is 10.0 Å². The summed E-state index contributed by atoms with van der Waals surface area (Å²) < 4.78 is 0. The monoisotopic (exact) mass is 156 g/mol. The van der Waals surface area contributed by atoms with Crippen molar-refractivity contribution in [2.75, 3.05) is 14.1 Å². The molecule has 2 nitrogen and oxygen atoms in total. The first-order chi connectivity index (χ1) is 5.19. The van der Waals surface area contributed by atoms with Gasteiger partial charge in [-0.3, -0.25) is 0 Å². The Kier molecular flexibility index (Phi) is 2.55. The second-order valence-electron chi connectivity index (χ2n) is 3.53. The molecule has 0 aliphatic carbocycles. The van der Waals surface area contributed by atoms with Crippen LogP contribution in [-0.4, -0.2) is 29.8 Å². The van der Waals surface area contributed by atoms with E-state index < -0.39 is 0 Å². The highest BCUT2D eigenvalue weighted by atomic mass is 15.9. The van der Waals surface area contributed by atoms with E-state index in [0.29, 0.717) is 5.66 Å². The Morgan fingerprint density at radius 1 is 0.909 bits per heavy atom. The lowest BCUT2D eigenvalue weighted by Crippen LogP contribution is -2.17. The molecule has 66 valence electrons. The minimum atomic E-state index is 0.434. The maximum atomic E-state index is 2.36. The average Bonchev–Trinajstić information content (AvgIpc) is 2.44. The van der Waals surface area contributed by atoms with Gasteiger partial charge in [-0.1, -0.05) is 26.7 Å². The summed E-state index contributed by atoms with van der Waals surface area (Å²) >= 11 is 0. The van der Waals surface area contributed by atoms with Crippen LogP contribution in [-0.2, 0) is 0 Å². The van der Waals surface area contributed by atoms with E-state index in [0.717, 1.165) is 0 Å². The van der Waals surface area contributed by atoms with Gasteiger partial charge in [0.1, 0.15) is 0 Å². The van der Waals surface area contributed by atoms with Gasteiger partial charge in [0.25, 0.3) is 0 Å². The Labute approximate surface area is 70.1 Å². The van der Waals surface area contributed by atoms with Crippen molar-refractivity contribution in [3.05, 3.63) is 0 Å². The zero-order valence-corrected chi connectivity index (χ0v) is 8.22. The molecule has 2 atom stereocenters. The van der Waals surface area contributed by atoms with Gasteiger partial charge >= 0.3 is 0 Å². The quantitative estimate of drug-likeness (QED) is 0.575. The van der Waals surface area contributed by atoms with Crippen LogP contribution in [0.5, 0.6) is 0 Å². The summed E-state index contributed by atoms with van der Waals surface area (Å²) in [5.74, 6) is 0. The third-order valence-corrected chi connectivity index (χ3v) is 2.92. The summed E-state index contributed by atoms with van der Waals surface area (Å²) in [4.78, 5) is 0. The lowest BCUT2D eigenvalue weighted by Gasteiger charge is -2.11. The Balaban J connectivity index is 2.47. The number of rotatable bonds is 4. The lowest BCUT2D eigenvalue weighted by molar-refractivity contribution is 0.399. The first kappa shape index (κ1) is 9.01. The predicted molar refractivity (Wildman–Crippen MR) is 48.1 cm³/mol. The van der Waals surface area contributed by atoms with Gasteiger partial charge in [0, 0.05) is 14.1 Å². The molecule has 1 aliphatic heterocycles. The summed E-state index contributed by atoms with van der Waals surface area (Å²) in [5, 5.41) is 4.72. The number of nitrogens with zero attached hydrogens (tertiary/aromatic N) is 2. The summed E-state index contributed by atoms with van der Waals surface area (Å²) in [5.41, 5.74) is 0.434. The number of hydrogen-bond donors (Lipinski definition) is 0. The zero-order valence-electron chi connectivity index (χ0n) is 8.22. The van der Waals surface area contributed by atoms with Crippen molar-refractivity contribution < 1.29 is 0 Å². The Morgan fingerprint density at radius 2 is 1.27 bits per heavy atom. The summed E-state index contributed by atoms with van der Waals surface area (Å²) in [6.45, 7) is 4.52. The fourth-order valence-corrected chi connectivity index (χ4v) is 2.12. The minimum absolute atomic E-state index is 0.434. The second kappa shape index (κ2) is 3.11. The van der Waals surface area contributed by atoms with E-state index in [1.54, 1.807) is 0 Å². The van der Waals surface area contributed by atoms with Crippen LogP contribution >= 0.6 is 0 Å². The highest BCUT2D eigenvalue weighted by Crippen LogP contribution is 2.43. The first-order valence-electron chi connectivity index (χ1n) is 4.66. The number of hydrazine groups is 1. The Hall–Kier alpha value is -0.0800. The number of hydrogen-bond acceptors (Lipinski definition) is 2. The third kappa shape index (κ3) is 1.30. The van der Waals surface area contributed by atoms with Gasteiger partial charge in [-0.25, -0.2) is 10.0 Å². The summed E-state index contributed by atoms with van der Waals surface area (Å²) in [6.07, 6.45) is 5.20. The molecule has 0 aromatic heterocycles. The maximum Gasteiger partial charge on any atom is 0.0998 e. The third-order valence-electron chi connectivity index (χ3n) is 2.92. The molecule has 0 saturated carbocycles. The molecule has 0 radical (unpaired) electrons. The van der Waals surface area contributed by atoms with Crippen LogP contribution in [0.4, 0.5) is 0 Å². The van der Waals surface area contributed by atoms with Gasteiger partial charge in [0.2, 0.25) is 0 Å². The molecule has 1 saturated heterocycles. The van der Waals surface area contributed by atoms with Crippen molar-refractivity contribution in [3.63, 3.8) is 0 Å². The Bertz CT molecular complexity index is 118. The van der Waals surface area contributed by atoms with E-state index in [-0.39, 0.29) is 0 Å². The normalized spacial score (nSPS) is 33.8. The molecule has 11 heavy (non-hydrogen) atoms. The van der Waals surface area contributed by atoms with Crippen LogP contribution in [0.25, 0.3) is 0 Å². The SMILES string of the molecule is CCCC1(CCC)N(C)N1C. The van der Waals surface area contributed by atoms with E-state index in [2.05, 4.69) is 38.0 Å². The lowest BCUT2D eigenvalue weighted by atomic mass is 10.0. The molecule has 1 rings (SSSR count). The van der Waals surface area contributed by atoms with Crippen molar-refractivity contribution in [2.45, 2.75) is 45.2 Å². The molecule has 0 amide bonds. The van der Waals surface area contributed by atoms with Crippen LogP contribution in [0.15, 0.2) is 0 Å². The predicted octanol–water partition coefficient (Wildman–Crippen LogP) is 2.08. The van der Waals surface area contributed by atoms with Gasteiger partial charge in [-0.15, -0.1) is 0 Å². The molecule has 1 heterocycles. The molecule has 2 unspecified atom stereocenters. The molecule has 0 aromatic rings. The van der Waals surface area contributed by atoms with Gasteiger partial charge in [-0.05, 0) is 12.8 Å². The second-order valence-corrected chi connectivity index (χ2v) is 3.53. The summed E-state index contributed by atoms with van der Waals surface area (Å²) in [7, 11) is 4.37. The van der Waals surface area contributed by atoms with Crippen molar-refractivity contribution in [3.8, 4) is 0 Å². The van der Waals surface area contributed by atoms with Crippen LogP contribution in [0.2, 0.25) is 0 Å². The van der Waals surface area contributed by atoms with Crippen molar-refractivity contribution in [1.29, 1.82) is 0 Å². The molecular formula is C9H20N2. The van der Waals surface area contributed by atoms with Gasteiger partial charge in [-0.2, -0.15) is 0 Å². The molecule has 0 bridgehead atoms. The summed E-state index contributed by atoms with van der Waals surface area (Å²) in [6, 6.07) is 0. The minimum Gasteiger partial charge on any atom is -0.222 e. The van der Waals surface area contributed by atoms with E-state index >= 15 is 0 Å². The van der Waals surface area contributed by atoms with Crippen molar-refractivity contribution >= 4 is 0 Å². The van der Waals surface area contributed by atoms with E-state index in [4.69, 9.17) is 0 Å².